The van der Waals surface area contributed by atoms with E-state index in [9.17, 15) is 12.8 Å². The lowest BCUT2D eigenvalue weighted by Gasteiger charge is -2.15. The standard InChI is InChI=1S/C13H22FN3O2S/c1-4-17(3)6-5-16-20(18,19)12-7-10(2)13(14)11(8-12)9-15/h7-8,16H,4-6,9,15H2,1-3H3. The van der Waals surface area contributed by atoms with Gasteiger partial charge < -0.3 is 10.6 Å². The molecular weight excluding hydrogens is 281 g/mol. The molecular formula is C13H22FN3O2S. The van der Waals surface area contributed by atoms with Crippen molar-refractivity contribution in [2.45, 2.75) is 25.3 Å². The Hall–Kier alpha value is -1.02. The topological polar surface area (TPSA) is 75.4 Å². The fourth-order valence-electron chi connectivity index (χ4n) is 1.72. The molecule has 0 bridgehead atoms. The summed E-state index contributed by atoms with van der Waals surface area (Å²) in [5, 5.41) is 0. The first-order valence-corrected chi connectivity index (χ1v) is 7.97. The molecule has 1 aromatic carbocycles. The Kier molecular flexibility index (Phi) is 6.07. The van der Waals surface area contributed by atoms with Crippen LogP contribution in [-0.4, -0.2) is 40.0 Å². The summed E-state index contributed by atoms with van der Waals surface area (Å²) in [4.78, 5) is 2.04. The number of nitrogens with one attached hydrogen (secondary N) is 1. The molecule has 0 amide bonds. The zero-order valence-corrected chi connectivity index (χ0v) is 12.9. The largest absolute Gasteiger partial charge is 0.326 e. The number of likely N-dealkylation sites (N-methyl/N-ethyl adjacent to an activating group) is 1. The highest BCUT2D eigenvalue weighted by Gasteiger charge is 2.17. The third kappa shape index (κ3) is 4.24. The molecule has 0 aliphatic heterocycles. The van der Waals surface area contributed by atoms with Gasteiger partial charge >= 0.3 is 0 Å². The van der Waals surface area contributed by atoms with Crippen LogP contribution in [0.2, 0.25) is 0 Å². The highest BCUT2D eigenvalue weighted by molar-refractivity contribution is 7.89. The summed E-state index contributed by atoms with van der Waals surface area (Å²) in [6, 6.07) is 2.61. The Morgan fingerprint density at radius 1 is 1.40 bits per heavy atom. The normalized spacial score (nSPS) is 12.1. The highest BCUT2D eigenvalue weighted by Crippen LogP contribution is 2.18. The van der Waals surface area contributed by atoms with Crippen LogP contribution in [0.4, 0.5) is 4.39 Å². The van der Waals surface area contributed by atoms with Crippen LogP contribution < -0.4 is 10.5 Å². The van der Waals surface area contributed by atoms with Gasteiger partial charge in [0, 0.05) is 25.2 Å². The van der Waals surface area contributed by atoms with Gasteiger partial charge in [-0.15, -0.1) is 0 Å². The third-order valence-electron chi connectivity index (χ3n) is 3.16. The van der Waals surface area contributed by atoms with E-state index in [-0.39, 0.29) is 22.6 Å². The summed E-state index contributed by atoms with van der Waals surface area (Å²) in [6.45, 7) is 5.24. The average Bonchev–Trinajstić information content (AvgIpc) is 2.41. The third-order valence-corrected chi connectivity index (χ3v) is 4.60. The van der Waals surface area contributed by atoms with Crippen molar-refractivity contribution < 1.29 is 12.8 Å². The first kappa shape index (κ1) is 17.0. The van der Waals surface area contributed by atoms with Gasteiger partial charge in [0.05, 0.1) is 4.90 Å². The van der Waals surface area contributed by atoms with Crippen molar-refractivity contribution in [1.82, 2.24) is 9.62 Å². The van der Waals surface area contributed by atoms with Crippen molar-refractivity contribution >= 4 is 10.0 Å². The van der Waals surface area contributed by atoms with Crippen LogP contribution in [0.1, 0.15) is 18.1 Å². The zero-order chi connectivity index (χ0) is 15.3. The van der Waals surface area contributed by atoms with Gasteiger partial charge in [-0.3, -0.25) is 0 Å². The van der Waals surface area contributed by atoms with E-state index in [1.54, 1.807) is 0 Å². The molecule has 0 saturated carbocycles. The molecule has 3 N–H and O–H groups in total. The molecule has 0 spiro atoms. The van der Waals surface area contributed by atoms with E-state index in [0.29, 0.717) is 13.1 Å². The second kappa shape index (κ2) is 7.12. The van der Waals surface area contributed by atoms with Crippen molar-refractivity contribution in [2.75, 3.05) is 26.7 Å². The molecule has 1 aromatic rings. The number of benzene rings is 1. The second-order valence-electron chi connectivity index (χ2n) is 4.71. The maximum absolute atomic E-state index is 13.7. The van der Waals surface area contributed by atoms with E-state index in [0.717, 1.165) is 6.54 Å². The summed E-state index contributed by atoms with van der Waals surface area (Å²) in [7, 11) is -1.73. The molecule has 0 fully saturated rings. The maximum Gasteiger partial charge on any atom is 0.240 e. The minimum Gasteiger partial charge on any atom is -0.326 e. The number of nitrogens with two attached hydrogens (primary N) is 1. The van der Waals surface area contributed by atoms with Crippen molar-refractivity contribution in [3.8, 4) is 0 Å². The van der Waals surface area contributed by atoms with E-state index in [1.807, 2.05) is 18.9 Å². The van der Waals surface area contributed by atoms with Crippen molar-refractivity contribution in [3.05, 3.63) is 29.1 Å². The lowest BCUT2D eigenvalue weighted by molar-refractivity contribution is 0.358. The van der Waals surface area contributed by atoms with Gasteiger partial charge in [0.15, 0.2) is 0 Å². The van der Waals surface area contributed by atoms with Gasteiger partial charge in [-0.2, -0.15) is 0 Å². The average molecular weight is 303 g/mol. The van der Waals surface area contributed by atoms with Crippen LogP contribution in [0, 0.1) is 12.7 Å². The second-order valence-corrected chi connectivity index (χ2v) is 6.48. The van der Waals surface area contributed by atoms with Crippen molar-refractivity contribution in [3.63, 3.8) is 0 Å². The zero-order valence-electron chi connectivity index (χ0n) is 12.1. The van der Waals surface area contributed by atoms with Gasteiger partial charge in [-0.25, -0.2) is 17.5 Å². The molecule has 114 valence electrons. The summed E-state index contributed by atoms with van der Waals surface area (Å²) < 4.78 is 40.5. The number of hydrogen-bond acceptors (Lipinski definition) is 4. The molecule has 0 unspecified atom stereocenters. The fourth-order valence-corrected chi connectivity index (χ4v) is 2.88. The van der Waals surface area contributed by atoms with Gasteiger partial charge in [-0.1, -0.05) is 6.92 Å². The van der Waals surface area contributed by atoms with E-state index < -0.39 is 15.8 Å². The Balaban J connectivity index is 2.90. The SMILES string of the molecule is CCN(C)CCNS(=O)(=O)c1cc(C)c(F)c(CN)c1. The van der Waals surface area contributed by atoms with Gasteiger partial charge in [0.25, 0.3) is 0 Å². The number of halogens is 1. The molecule has 0 heterocycles. The smallest absolute Gasteiger partial charge is 0.240 e. The van der Waals surface area contributed by atoms with Crippen LogP contribution in [0.5, 0.6) is 0 Å². The molecule has 20 heavy (non-hydrogen) atoms. The predicted molar refractivity (Wildman–Crippen MR) is 77.4 cm³/mol. The van der Waals surface area contributed by atoms with E-state index in [2.05, 4.69) is 4.72 Å². The molecule has 7 heteroatoms. The van der Waals surface area contributed by atoms with Gasteiger partial charge in [0.1, 0.15) is 5.82 Å². The Bertz CT molecular complexity index is 561. The Morgan fingerprint density at radius 3 is 2.60 bits per heavy atom. The lowest BCUT2D eigenvalue weighted by Crippen LogP contribution is -2.33. The number of sulfonamides is 1. The van der Waals surface area contributed by atoms with Crippen LogP contribution >= 0.6 is 0 Å². The van der Waals surface area contributed by atoms with Crippen molar-refractivity contribution in [1.29, 1.82) is 0 Å². The minimum absolute atomic E-state index is 0.0331. The van der Waals surface area contributed by atoms with Gasteiger partial charge in [-0.05, 0) is 38.2 Å². The molecule has 0 aliphatic carbocycles. The number of nitrogens with zero attached hydrogens (tertiary/aromatic N) is 1. The number of hydrogen-bond donors (Lipinski definition) is 2. The summed E-state index contributed by atoms with van der Waals surface area (Å²) in [5.41, 5.74) is 5.91. The number of aryl methyl sites for hydroxylation is 1. The first-order valence-electron chi connectivity index (χ1n) is 6.49. The van der Waals surface area contributed by atoms with Gasteiger partial charge in [0.2, 0.25) is 10.0 Å². The van der Waals surface area contributed by atoms with Crippen LogP contribution in [-0.2, 0) is 16.6 Å². The fraction of sp³-hybridized carbons (Fsp3) is 0.538. The molecule has 0 aliphatic rings. The first-order chi connectivity index (χ1) is 9.31. The maximum atomic E-state index is 13.7. The lowest BCUT2D eigenvalue weighted by atomic mass is 10.1. The number of rotatable bonds is 7. The predicted octanol–water partition coefficient (Wildman–Crippen LogP) is 0.823. The van der Waals surface area contributed by atoms with E-state index in [4.69, 9.17) is 5.73 Å². The van der Waals surface area contributed by atoms with Crippen LogP contribution in [0.15, 0.2) is 17.0 Å². The quantitative estimate of drug-likeness (QED) is 0.782. The van der Waals surface area contributed by atoms with Crippen LogP contribution in [0.25, 0.3) is 0 Å². The molecule has 0 aromatic heterocycles. The molecule has 0 saturated heterocycles. The van der Waals surface area contributed by atoms with Crippen LogP contribution in [0.3, 0.4) is 0 Å². The monoisotopic (exact) mass is 303 g/mol. The summed E-state index contributed by atoms with van der Waals surface area (Å²) in [5.74, 6) is -0.447. The van der Waals surface area contributed by atoms with Crippen molar-refractivity contribution in [2.24, 2.45) is 5.73 Å². The summed E-state index contributed by atoms with van der Waals surface area (Å²) >= 11 is 0. The Labute approximate surface area is 120 Å². The molecule has 5 nitrogen and oxygen atoms in total. The minimum atomic E-state index is -3.63. The molecule has 0 atom stereocenters. The molecule has 0 radical (unpaired) electrons. The van der Waals surface area contributed by atoms with E-state index >= 15 is 0 Å². The highest BCUT2D eigenvalue weighted by atomic mass is 32.2. The Morgan fingerprint density at radius 2 is 2.05 bits per heavy atom. The van der Waals surface area contributed by atoms with E-state index in [1.165, 1.54) is 19.1 Å². The summed E-state index contributed by atoms with van der Waals surface area (Å²) in [6.07, 6.45) is 0. The molecule has 1 rings (SSSR count).